The molecular formula is C10H9Cl2F3S. The first kappa shape index (κ1) is 14.0. The van der Waals surface area contributed by atoms with Crippen LogP contribution >= 0.6 is 35.0 Å². The second-order valence-electron chi connectivity index (χ2n) is 3.09. The molecule has 6 heteroatoms. The number of halogens is 5. The Hall–Kier alpha value is -0.0600. The molecule has 0 aliphatic heterocycles. The van der Waals surface area contributed by atoms with Crippen LogP contribution in [0.4, 0.5) is 13.2 Å². The van der Waals surface area contributed by atoms with E-state index < -0.39 is 5.51 Å². The second kappa shape index (κ2) is 6.03. The summed E-state index contributed by atoms with van der Waals surface area (Å²) in [5, 5.41) is 0.441. The van der Waals surface area contributed by atoms with Crippen molar-refractivity contribution >= 4 is 35.0 Å². The van der Waals surface area contributed by atoms with Gasteiger partial charge in [-0.1, -0.05) is 11.6 Å². The van der Waals surface area contributed by atoms with E-state index in [1.165, 1.54) is 12.1 Å². The van der Waals surface area contributed by atoms with Crippen molar-refractivity contribution < 1.29 is 13.2 Å². The average Bonchev–Trinajstić information content (AvgIpc) is 2.16. The van der Waals surface area contributed by atoms with Gasteiger partial charge in [-0.25, -0.2) is 0 Å². The van der Waals surface area contributed by atoms with Gasteiger partial charge < -0.3 is 0 Å². The molecule has 16 heavy (non-hydrogen) atoms. The Balaban J connectivity index is 2.89. The molecule has 0 aromatic heterocycles. The van der Waals surface area contributed by atoms with Crippen LogP contribution in [0.25, 0.3) is 0 Å². The maximum Gasteiger partial charge on any atom is 0.446 e. The Kier molecular flexibility index (Phi) is 5.28. The molecule has 90 valence electrons. The van der Waals surface area contributed by atoms with Gasteiger partial charge in [0.1, 0.15) is 0 Å². The molecule has 0 aliphatic rings. The van der Waals surface area contributed by atoms with Crippen LogP contribution in [0, 0.1) is 0 Å². The van der Waals surface area contributed by atoms with E-state index >= 15 is 0 Å². The van der Waals surface area contributed by atoms with E-state index in [4.69, 9.17) is 23.2 Å². The van der Waals surface area contributed by atoms with Crippen LogP contribution in [0.3, 0.4) is 0 Å². The molecule has 0 spiro atoms. The summed E-state index contributed by atoms with van der Waals surface area (Å²) in [5.41, 5.74) is -3.68. The molecule has 1 aromatic carbocycles. The van der Waals surface area contributed by atoms with Crippen LogP contribution < -0.4 is 0 Å². The number of hydrogen-bond acceptors (Lipinski definition) is 1. The summed E-state index contributed by atoms with van der Waals surface area (Å²) >= 11 is 11.1. The van der Waals surface area contributed by atoms with E-state index in [1.807, 2.05) is 0 Å². The summed E-state index contributed by atoms with van der Waals surface area (Å²) in [6.07, 6.45) is 1.13. The number of hydrogen-bond donors (Lipinski definition) is 0. The fraction of sp³-hybridized carbons (Fsp3) is 0.400. The zero-order chi connectivity index (χ0) is 12.2. The molecule has 0 fully saturated rings. The van der Waals surface area contributed by atoms with Gasteiger partial charge >= 0.3 is 5.51 Å². The van der Waals surface area contributed by atoms with Gasteiger partial charge in [-0.05, 0) is 48.4 Å². The lowest BCUT2D eigenvalue weighted by Gasteiger charge is -2.11. The van der Waals surface area contributed by atoms with Crippen LogP contribution in [0.1, 0.15) is 12.0 Å². The SMILES string of the molecule is FC(F)(F)Sc1ccc(Cl)cc1CCCCl. The summed E-state index contributed by atoms with van der Waals surface area (Å²) in [7, 11) is 0. The third-order valence-electron chi connectivity index (χ3n) is 1.83. The molecule has 0 amide bonds. The van der Waals surface area contributed by atoms with Crippen molar-refractivity contribution in [1.82, 2.24) is 0 Å². The molecule has 0 aliphatic carbocycles. The molecule has 0 radical (unpaired) electrons. The molecule has 0 nitrogen and oxygen atoms in total. The van der Waals surface area contributed by atoms with E-state index in [0.717, 1.165) is 0 Å². The summed E-state index contributed by atoms with van der Waals surface area (Å²) < 4.78 is 36.7. The minimum atomic E-state index is -4.27. The predicted octanol–water partition coefficient (Wildman–Crippen LogP) is 5.12. The van der Waals surface area contributed by atoms with Gasteiger partial charge in [0, 0.05) is 15.8 Å². The first-order chi connectivity index (χ1) is 7.42. The molecule has 0 bridgehead atoms. The fourth-order valence-electron chi connectivity index (χ4n) is 1.22. The van der Waals surface area contributed by atoms with Crippen LogP contribution in [-0.2, 0) is 6.42 Å². The maximum absolute atomic E-state index is 12.2. The quantitative estimate of drug-likeness (QED) is 0.547. The van der Waals surface area contributed by atoms with Crippen molar-refractivity contribution in [3.63, 3.8) is 0 Å². The van der Waals surface area contributed by atoms with E-state index in [2.05, 4.69) is 0 Å². The van der Waals surface area contributed by atoms with Crippen LogP contribution in [0.5, 0.6) is 0 Å². The van der Waals surface area contributed by atoms with Crippen molar-refractivity contribution in [2.45, 2.75) is 23.2 Å². The monoisotopic (exact) mass is 288 g/mol. The molecule has 1 aromatic rings. The first-order valence-electron chi connectivity index (χ1n) is 4.52. The maximum atomic E-state index is 12.2. The van der Waals surface area contributed by atoms with Gasteiger partial charge in [0.15, 0.2) is 0 Å². The Bertz CT molecular complexity index is 352. The zero-order valence-corrected chi connectivity index (χ0v) is 10.5. The smallest absolute Gasteiger partial charge is 0.160 e. The summed E-state index contributed by atoms with van der Waals surface area (Å²) in [5.74, 6) is 0.419. The van der Waals surface area contributed by atoms with Gasteiger partial charge in [0.25, 0.3) is 0 Å². The number of aryl methyl sites for hydroxylation is 1. The average molecular weight is 289 g/mol. The number of benzene rings is 1. The predicted molar refractivity (Wildman–Crippen MR) is 62.4 cm³/mol. The first-order valence-corrected chi connectivity index (χ1v) is 6.25. The lowest BCUT2D eigenvalue weighted by atomic mass is 10.1. The van der Waals surface area contributed by atoms with Crippen molar-refractivity contribution in [2.24, 2.45) is 0 Å². The lowest BCUT2D eigenvalue weighted by Crippen LogP contribution is -2.01. The standard InChI is InChI=1S/C10H9Cl2F3S/c11-5-1-2-7-6-8(12)3-4-9(7)16-10(13,14)15/h3-4,6H,1-2,5H2. The summed E-state index contributed by atoms with van der Waals surface area (Å²) in [4.78, 5) is 0.196. The summed E-state index contributed by atoms with van der Waals surface area (Å²) in [6, 6.07) is 4.41. The zero-order valence-electron chi connectivity index (χ0n) is 8.15. The van der Waals surface area contributed by atoms with Crippen molar-refractivity contribution in [3.8, 4) is 0 Å². The van der Waals surface area contributed by atoms with Crippen molar-refractivity contribution in [1.29, 1.82) is 0 Å². The normalized spacial score (nSPS) is 11.8. The van der Waals surface area contributed by atoms with Crippen molar-refractivity contribution in [2.75, 3.05) is 5.88 Å². The van der Waals surface area contributed by atoms with E-state index in [0.29, 0.717) is 29.3 Å². The number of rotatable bonds is 4. The highest BCUT2D eigenvalue weighted by molar-refractivity contribution is 8.00. The highest BCUT2D eigenvalue weighted by atomic mass is 35.5. The number of alkyl halides is 4. The molecule has 0 saturated carbocycles. The number of thioether (sulfide) groups is 1. The topological polar surface area (TPSA) is 0 Å². The summed E-state index contributed by atoms with van der Waals surface area (Å²) in [6.45, 7) is 0. The van der Waals surface area contributed by atoms with Crippen molar-refractivity contribution in [3.05, 3.63) is 28.8 Å². The highest BCUT2D eigenvalue weighted by Crippen LogP contribution is 2.39. The molecule has 0 saturated heterocycles. The molecule has 0 atom stereocenters. The Labute approximate surface area is 106 Å². The second-order valence-corrected chi connectivity index (χ2v) is 5.01. The largest absolute Gasteiger partial charge is 0.446 e. The fourth-order valence-corrected chi connectivity index (χ4v) is 2.23. The molecular weight excluding hydrogens is 280 g/mol. The van der Waals surface area contributed by atoms with Gasteiger partial charge in [-0.15, -0.1) is 11.6 Å². The third-order valence-corrected chi connectivity index (χ3v) is 3.18. The van der Waals surface area contributed by atoms with Crippen LogP contribution in [-0.4, -0.2) is 11.4 Å². The van der Waals surface area contributed by atoms with E-state index in [1.54, 1.807) is 6.07 Å². The Morgan fingerprint density at radius 2 is 1.94 bits per heavy atom. The van der Waals surface area contributed by atoms with Gasteiger partial charge in [-0.2, -0.15) is 13.2 Å². The Morgan fingerprint density at radius 1 is 1.25 bits per heavy atom. The minimum absolute atomic E-state index is 0.115. The lowest BCUT2D eigenvalue weighted by molar-refractivity contribution is -0.0328. The Morgan fingerprint density at radius 3 is 2.50 bits per heavy atom. The van der Waals surface area contributed by atoms with Gasteiger partial charge in [-0.3, -0.25) is 0 Å². The van der Waals surface area contributed by atoms with E-state index in [-0.39, 0.29) is 16.7 Å². The van der Waals surface area contributed by atoms with E-state index in [9.17, 15) is 13.2 Å². The molecule has 0 unspecified atom stereocenters. The molecule has 0 N–H and O–H groups in total. The molecule has 0 heterocycles. The minimum Gasteiger partial charge on any atom is -0.160 e. The third kappa shape index (κ3) is 4.85. The highest BCUT2D eigenvalue weighted by Gasteiger charge is 2.30. The van der Waals surface area contributed by atoms with Gasteiger partial charge in [0.2, 0.25) is 0 Å². The van der Waals surface area contributed by atoms with Crippen LogP contribution in [0.2, 0.25) is 5.02 Å². The van der Waals surface area contributed by atoms with Crippen LogP contribution in [0.15, 0.2) is 23.1 Å². The molecule has 1 rings (SSSR count). The van der Waals surface area contributed by atoms with Gasteiger partial charge in [0.05, 0.1) is 0 Å².